The molecule has 0 radical (unpaired) electrons. The number of hydrogen-bond acceptors (Lipinski definition) is 3. The number of hydrogen-bond donors (Lipinski definition) is 0. The molecule has 1 aliphatic heterocycles. The molecule has 0 bridgehead atoms. The van der Waals surface area contributed by atoms with Crippen LogP contribution in [0, 0.1) is 11.7 Å². The van der Waals surface area contributed by atoms with Gasteiger partial charge in [0.2, 0.25) is 0 Å². The molecule has 3 rings (SSSR count). The number of nitrogens with zero attached hydrogens (tertiary/aromatic N) is 1. The van der Waals surface area contributed by atoms with E-state index in [-0.39, 0.29) is 23.6 Å². The maximum atomic E-state index is 13.7. The van der Waals surface area contributed by atoms with E-state index in [0.29, 0.717) is 17.7 Å². The highest BCUT2D eigenvalue weighted by Crippen LogP contribution is 2.33. The number of ketones is 1. The van der Waals surface area contributed by atoms with Gasteiger partial charge in [0, 0.05) is 12.0 Å². The van der Waals surface area contributed by atoms with Crippen LogP contribution in [0.4, 0.5) is 4.39 Å². The molecule has 0 saturated heterocycles. The minimum absolute atomic E-state index is 0.112. The smallest absolute Gasteiger partial charge is 0.145 e. The van der Waals surface area contributed by atoms with Crippen LogP contribution in [-0.4, -0.2) is 17.6 Å². The number of oxime groups is 1. The number of Topliss-reactive ketones (excluding diaryl/α,β-unsaturated/α-hetero) is 1. The first kappa shape index (κ1) is 10.4. The lowest BCUT2D eigenvalue weighted by atomic mass is 9.80. The van der Waals surface area contributed by atoms with Gasteiger partial charge >= 0.3 is 0 Å². The van der Waals surface area contributed by atoms with Crippen LogP contribution < -0.4 is 0 Å². The third-order valence-electron chi connectivity index (χ3n) is 3.36. The Hall–Kier alpha value is -1.71. The zero-order chi connectivity index (χ0) is 11.8. The molecule has 1 fully saturated rings. The lowest BCUT2D eigenvalue weighted by Crippen LogP contribution is -2.35. The van der Waals surface area contributed by atoms with Crippen molar-refractivity contribution in [2.75, 3.05) is 0 Å². The summed E-state index contributed by atoms with van der Waals surface area (Å²) in [7, 11) is 0. The first-order valence-corrected chi connectivity index (χ1v) is 5.78. The van der Waals surface area contributed by atoms with E-state index in [9.17, 15) is 9.18 Å². The van der Waals surface area contributed by atoms with Crippen LogP contribution in [0.5, 0.6) is 0 Å². The maximum absolute atomic E-state index is 13.7. The Bertz CT molecular complexity index is 498. The summed E-state index contributed by atoms with van der Waals surface area (Å²) in [6.07, 6.45) is 2.00. The van der Waals surface area contributed by atoms with Gasteiger partial charge < -0.3 is 4.84 Å². The van der Waals surface area contributed by atoms with Crippen LogP contribution in [0.15, 0.2) is 29.4 Å². The molecule has 1 heterocycles. The van der Waals surface area contributed by atoms with E-state index in [0.717, 1.165) is 12.8 Å². The van der Waals surface area contributed by atoms with Crippen molar-refractivity contribution < 1.29 is 14.0 Å². The average molecular weight is 233 g/mol. The number of halogens is 1. The van der Waals surface area contributed by atoms with Gasteiger partial charge in [-0.2, -0.15) is 0 Å². The molecule has 1 aliphatic carbocycles. The molecule has 88 valence electrons. The molecule has 1 aromatic carbocycles. The molecule has 1 saturated carbocycles. The predicted molar refractivity (Wildman–Crippen MR) is 60.2 cm³/mol. The Kier molecular flexibility index (Phi) is 2.42. The molecule has 0 spiro atoms. The average Bonchev–Trinajstić information content (AvgIpc) is 2.75. The van der Waals surface area contributed by atoms with E-state index in [1.54, 1.807) is 18.2 Å². The Morgan fingerprint density at radius 3 is 3.00 bits per heavy atom. The van der Waals surface area contributed by atoms with Crippen molar-refractivity contribution in [2.24, 2.45) is 11.1 Å². The van der Waals surface area contributed by atoms with Crippen molar-refractivity contribution in [2.45, 2.75) is 25.4 Å². The summed E-state index contributed by atoms with van der Waals surface area (Å²) in [5.74, 6) is -0.615. The second-order valence-corrected chi connectivity index (χ2v) is 4.44. The van der Waals surface area contributed by atoms with E-state index in [1.165, 1.54) is 6.07 Å². The Labute approximate surface area is 98.3 Å². The monoisotopic (exact) mass is 233 g/mol. The highest BCUT2D eigenvalue weighted by Gasteiger charge is 2.42. The van der Waals surface area contributed by atoms with Gasteiger partial charge in [-0.1, -0.05) is 23.4 Å². The number of rotatable bonds is 1. The number of carbonyl (C=O) groups excluding carboxylic acids is 1. The molecule has 0 aromatic heterocycles. The fourth-order valence-electron chi connectivity index (χ4n) is 2.52. The molecular weight excluding hydrogens is 221 g/mol. The summed E-state index contributed by atoms with van der Waals surface area (Å²) in [6.45, 7) is 0. The molecule has 2 aliphatic rings. The quantitative estimate of drug-likeness (QED) is 0.746. The minimum Gasteiger partial charge on any atom is -0.391 e. The van der Waals surface area contributed by atoms with Gasteiger partial charge in [-0.05, 0) is 18.9 Å². The summed E-state index contributed by atoms with van der Waals surface area (Å²) >= 11 is 0. The normalized spacial score (nSPS) is 27.4. The first-order valence-electron chi connectivity index (χ1n) is 5.78. The third kappa shape index (κ3) is 1.64. The van der Waals surface area contributed by atoms with Crippen LogP contribution in [0.2, 0.25) is 0 Å². The molecule has 0 N–H and O–H groups in total. The second-order valence-electron chi connectivity index (χ2n) is 4.44. The van der Waals surface area contributed by atoms with Gasteiger partial charge in [0.1, 0.15) is 29.3 Å². The SMILES string of the molecule is O=C1CCC[C@@H]2ON=C(c3ccccc3F)[C@H]12. The molecule has 4 heteroatoms. The van der Waals surface area contributed by atoms with Gasteiger partial charge in [0.15, 0.2) is 0 Å². The summed E-state index contributed by atoms with van der Waals surface area (Å²) in [6, 6.07) is 6.37. The second kappa shape index (κ2) is 3.95. The molecule has 2 atom stereocenters. The minimum atomic E-state index is -0.374. The maximum Gasteiger partial charge on any atom is 0.145 e. The summed E-state index contributed by atoms with van der Waals surface area (Å²) < 4.78 is 13.7. The predicted octanol–water partition coefficient (Wildman–Crippen LogP) is 2.30. The number of benzene rings is 1. The van der Waals surface area contributed by atoms with E-state index < -0.39 is 0 Å². The standard InChI is InChI=1S/C13H12FNO2/c14-9-5-2-1-4-8(9)13-12-10(16)6-3-7-11(12)17-15-13/h1-2,4-5,11-12H,3,6-7H2/t11-,12+/m0/s1. The largest absolute Gasteiger partial charge is 0.391 e. The van der Waals surface area contributed by atoms with E-state index >= 15 is 0 Å². The van der Waals surface area contributed by atoms with Gasteiger partial charge in [-0.25, -0.2) is 4.39 Å². The van der Waals surface area contributed by atoms with Gasteiger partial charge in [-0.15, -0.1) is 0 Å². The van der Waals surface area contributed by atoms with Crippen LogP contribution >= 0.6 is 0 Å². The lowest BCUT2D eigenvalue weighted by Gasteiger charge is -2.22. The number of carbonyl (C=O) groups is 1. The molecule has 0 unspecified atom stereocenters. The lowest BCUT2D eigenvalue weighted by molar-refractivity contribution is -0.126. The summed E-state index contributed by atoms with van der Waals surface area (Å²) in [4.78, 5) is 17.1. The van der Waals surface area contributed by atoms with Crippen LogP contribution in [0.1, 0.15) is 24.8 Å². The van der Waals surface area contributed by atoms with E-state index in [1.807, 2.05) is 0 Å². The molecule has 17 heavy (non-hydrogen) atoms. The molecule has 1 aromatic rings. The van der Waals surface area contributed by atoms with Crippen molar-refractivity contribution in [3.8, 4) is 0 Å². The Morgan fingerprint density at radius 1 is 1.35 bits per heavy atom. The van der Waals surface area contributed by atoms with Crippen LogP contribution in [-0.2, 0) is 9.63 Å². The highest BCUT2D eigenvalue weighted by atomic mass is 19.1. The van der Waals surface area contributed by atoms with Crippen molar-refractivity contribution in [3.63, 3.8) is 0 Å². The van der Waals surface area contributed by atoms with Gasteiger partial charge in [-0.3, -0.25) is 4.79 Å². The summed E-state index contributed by atoms with van der Waals surface area (Å²) in [5, 5.41) is 3.92. The fourth-order valence-corrected chi connectivity index (χ4v) is 2.52. The van der Waals surface area contributed by atoms with E-state index in [2.05, 4.69) is 5.16 Å². The summed E-state index contributed by atoms with van der Waals surface area (Å²) in [5.41, 5.74) is 0.841. The molecular formula is C13H12FNO2. The van der Waals surface area contributed by atoms with Crippen LogP contribution in [0.25, 0.3) is 0 Å². The van der Waals surface area contributed by atoms with Crippen molar-refractivity contribution in [3.05, 3.63) is 35.6 Å². The number of fused-ring (bicyclic) bond motifs is 1. The third-order valence-corrected chi connectivity index (χ3v) is 3.36. The van der Waals surface area contributed by atoms with Gasteiger partial charge in [0.25, 0.3) is 0 Å². The Morgan fingerprint density at radius 2 is 2.18 bits per heavy atom. The van der Waals surface area contributed by atoms with Gasteiger partial charge in [0.05, 0.1) is 0 Å². The van der Waals surface area contributed by atoms with Crippen molar-refractivity contribution in [1.29, 1.82) is 0 Å². The molecule has 3 nitrogen and oxygen atoms in total. The van der Waals surface area contributed by atoms with E-state index in [4.69, 9.17) is 4.84 Å². The topological polar surface area (TPSA) is 38.7 Å². The Balaban J connectivity index is 1.99. The van der Waals surface area contributed by atoms with Crippen molar-refractivity contribution >= 4 is 11.5 Å². The zero-order valence-electron chi connectivity index (χ0n) is 9.23. The van der Waals surface area contributed by atoms with Crippen molar-refractivity contribution in [1.82, 2.24) is 0 Å². The zero-order valence-corrected chi connectivity index (χ0v) is 9.23. The van der Waals surface area contributed by atoms with Crippen LogP contribution in [0.3, 0.4) is 0 Å². The molecule has 0 amide bonds. The highest BCUT2D eigenvalue weighted by molar-refractivity contribution is 6.15. The fraction of sp³-hybridized carbons (Fsp3) is 0.385. The first-order chi connectivity index (χ1) is 8.27.